The van der Waals surface area contributed by atoms with Crippen molar-refractivity contribution in [2.24, 2.45) is 4.99 Å². The van der Waals surface area contributed by atoms with E-state index in [9.17, 15) is 4.79 Å². The third-order valence-electron chi connectivity index (χ3n) is 4.77. The van der Waals surface area contributed by atoms with Crippen molar-refractivity contribution in [2.45, 2.75) is 45.7 Å². The monoisotopic (exact) mass is 338 g/mol. The first-order valence-corrected chi connectivity index (χ1v) is 8.71. The van der Waals surface area contributed by atoms with E-state index in [1.807, 2.05) is 0 Å². The number of nitrogens with zero attached hydrogens (tertiary/aromatic N) is 4. The standard InChI is InChI=1S/C20H26N4O/c1-20(2,3)15-9-7-14(8-10-15)18-22-17(19(25)21-4)16-13-23(5)11-6-12-24(16)18/h7-10H,4,6,11-13H2,1-3,5H3. The van der Waals surface area contributed by atoms with E-state index in [0.29, 0.717) is 12.2 Å². The van der Waals surface area contributed by atoms with Gasteiger partial charge in [0.05, 0.1) is 5.69 Å². The number of amides is 1. The summed E-state index contributed by atoms with van der Waals surface area (Å²) in [6.45, 7) is 12.5. The van der Waals surface area contributed by atoms with Gasteiger partial charge in [-0.1, -0.05) is 45.0 Å². The van der Waals surface area contributed by atoms with E-state index in [1.54, 1.807) is 0 Å². The maximum absolute atomic E-state index is 12.2. The number of rotatable bonds is 2. The quantitative estimate of drug-likeness (QED) is 0.787. The molecule has 1 aliphatic rings. The summed E-state index contributed by atoms with van der Waals surface area (Å²) in [5, 5.41) is 0. The fourth-order valence-electron chi connectivity index (χ4n) is 3.31. The zero-order valence-corrected chi connectivity index (χ0v) is 15.5. The van der Waals surface area contributed by atoms with Crippen LogP contribution in [0.3, 0.4) is 0 Å². The highest BCUT2D eigenvalue weighted by atomic mass is 16.1. The van der Waals surface area contributed by atoms with E-state index < -0.39 is 0 Å². The molecule has 0 fully saturated rings. The molecule has 25 heavy (non-hydrogen) atoms. The Morgan fingerprint density at radius 3 is 2.48 bits per heavy atom. The second-order valence-electron chi connectivity index (χ2n) is 7.76. The minimum absolute atomic E-state index is 0.110. The van der Waals surface area contributed by atoms with Crippen LogP contribution in [0.1, 0.15) is 48.9 Å². The molecular formula is C20H26N4O. The van der Waals surface area contributed by atoms with Gasteiger partial charge in [-0.3, -0.25) is 4.79 Å². The molecule has 5 heteroatoms. The molecular weight excluding hydrogens is 312 g/mol. The lowest BCUT2D eigenvalue weighted by molar-refractivity contribution is 0.0997. The maximum atomic E-state index is 12.2. The Morgan fingerprint density at radius 1 is 1.20 bits per heavy atom. The zero-order valence-electron chi connectivity index (χ0n) is 15.5. The van der Waals surface area contributed by atoms with E-state index in [2.05, 4.69) is 78.2 Å². The number of fused-ring (bicyclic) bond motifs is 1. The number of imidazole rings is 1. The Balaban J connectivity index is 2.10. The lowest BCUT2D eigenvalue weighted by atomic mass is 9.87. The molecule has 1 aromatic carbocycles. The maximum Gasteiger partial charge on any atom is 0.296 e. The van der Waals surface area contributed by atoms with E-state index in [1.165, 1.54) is 5.56 Å². The second kappa shape index (κ2) is 6.56. The van der Waals surface area contributed by atoms with Gasteiger partial charge in [0.2, 0.25) is 0 Å². The number of benzene rings is 1. The predicted octanol–water partition coefficient (Wildman–Crippen LogP) is 3.52. The van der Waals surface area contributed by atoms with Gasteiger partial charge < -0.3 is 9.47 Å². The normalized spacial score (nSPS) is 15.5. The molecule has 0 unspecified atom stereocenters. The summed E-state index contributed by atoms with van der Waals surface area (Å²) in [4.78, 5) is 22.7. The van der Waals surface area contributed by atoms with E-state index >= 15 is 0 Å². The molecule has 2 heterocycles. The molecule has 0 atom stereocenters. The van der Waals surface area contributed by atoms with Gasteiger partial charge in [-0.25, -0.2) is 9.98 Å². The molecule has 2 aromatic rings. The van der Waals surface area contributed by atoms with E-state index in [-0.39, 0.29) is 11.3 Å². The summed E-state index contributed by atoms with van der Waals surface area (Å²) in [5.41, 5.74) is 3.79. The molecule has 3 rings (SSSR count). The highest BCUT2D eigenvalue weighted by Gasteiger charge is 2.25. The van der Waals surface area contributed by atoms with Crippen LogP contribution in [0.25, 0.3) is 11.4 Å². The molecule has 132 valence electrons. The molecule has 0 saturated carbocycles. The van der Waals surface area contributed by atoms with Crippen molar-refractivity contribution < 1.29 is 4.79 Å². The highest BCUT2D eigenvalue weighted by molar-refractivity contribution is 5.97. The van der Waals surface area contributed by atoms with E-state index in [4.69, 9.17) is 0 Å². The summed E-state index contributed by atoms with van der Waals surface area (Å²) in [7, 11) is 2.07. The van der Waals surface area contributed by atoms with Crippen LogP contribution >= 0.6 is 0 Å². The van der Waals surface area contributed by atoms with E-state index in [0.717, 1.165) is 36.6 Å². The molecule has 1 amide bonds. The number of hydrogen-bond acceptors (Lipinski definition) is 3. The number of aliphatic imine (C=N–C) groups is 1. The van der Waals surface area contributed by atoms with Crippen LogP contribution in [0.4, 0.5) is 0 Å². The molecule has 0 spiro atoms. The van der Waals surface area contributed by atoms with Gasteiger partial charge in [-0.05, 0) is 37.7 Å². The van der Waals surface area contributed by atoms with Crippen LogP contribution in [0.15, 0.2) is 29.3 Å². The number of carbonyl (C=O) groups is 1. The van der Waals surface area contributed by atoms with Crippen molar-refractivity contribution >= 4 is 12.6 Å². The topological polar surface area (TPSA) is 50.5 Å². The summed E-state index contributed by atoms with van der Waals surface area (Å²) in [6, 6.07) is 8.49. The molecule has 0 bridgehead atoms. The summed E-state index contributed by atoms with van der Waals surface area (Å²) >= 11 is 0. The predicted molar refractivity (Wildman–Crippen MR) is 101 cm³/mol. The minimum Gasteiger partial charge on any atom is -0.326 e. The molecule has 0 saturated heterocycles. The second-order valence-corrected chi connectivity index (χ2v) is 7.76. The third-order valence-corrected chi connectivity index (χ3v) is 4.77. The van der Waals surface area contributed by atoms with Gasteiger partial charge in [0.25, 0.3) is 5.91 Å². The summed E-state index contributed by atoms with van der Waals surface area (Å²) in [6.07, 6.45) is 1.03. The van der Waals surface area contributed by atoms with Gasteiger partial charge in [-0.2, -0.15) is 0 Å². The number of carbonyl (C=O) groups excluding carboxylic acids is 1. The third kappa shape index (κ3) is 3.42. The van der Waals surface area contributed by atoms with Crippen LogP contribution in [0.5, 0.6) is 0 Å². The van der Waals surface area contributed by atoms with Gasteiger partial charge in [0.15, 0.2) is 5.69 Å². The Labute approximate surface area is 149 Å². The zero-order chi connectivity index (χ0) is 18.2. The first-order chi connectivity index (χ1) is 11.8. The van der Waals surface area contributed by atoms with Crippen molar-refractivity contribution in [2.75, 3.05) is 13.6 Å². The summed E-state index contributed by atoms with van der Waals surface area (Å²) < 4.78 is 2.17. The fourth-order valence-corrected chi connectivity index (χ4v) is 3.31. The molecule has 5 nitrogen and oxygen atoms in total. The molecule has 0 N–H and O–H groups in total. The van der Waals surface area contributed by atoms with Crippen LogP contribution in [0, 0.1) is 0 Å². The molecule has 0 aliphatic carbocycles. The fraction of sp³-hybridized carbons (Fsp3) is 0.450. The largest absolute Gasteiger partial charge is 0.326 e. The van der Waals surface area contributed by atoms with Crippen LogP contribution in [-0.2, 0) is 18.5 Å². The summed E-state index contributed by atoms with van der Waals surface area (Å²) in [5.74, 6) is 0.495. The van der Waals surface area contributed by atoms with Gasteiger partial charge in [0.1, 0.15) is 5.82 Å². The number of aromatic nitrogens is 2. The first kappa shape index (κ1) is 17.5. The molecule has 1 aliphatic heterocycles. The first-order valence-electron chi connectivity index (χ1n) is 8.71. The van der Waals surface area contributed by atoms with Crippen molar-refractivity contribution in [1.82, 2.24) is 14.5 Å². The number of hydrogen-bond donors (Lipinski definition) is 0. The van der Waals surface area contributed by atoms with Gasteiger partial charge >= 0.3 is 0 Å². The lowest BCUT2D eigenvalue weighted by Crippen LogP contribution is -2.18. The average molecular weight is 338 g/mol. The Morgan fingerprint density at radius 2 is 1.88 bits per heavy atom. The van der Waals surface area contributed by atoms with Crippen LogP contribution in [0.2, 0.25) is 0 Å². The van der Waals surface area contributed by atoms with Crippen molar-refractivity contribution in [3.8, 4) is 11.4 Å². The SMILES string of the molecule is C=NC(=O)c1nc(-c2ccc(C(C)(C)C)cc2)n2c1CN(C)CCC2. The Bertz CT molecular complexity index is 796. The highest BCUT2D eigenvalue weighted by Crippen LogP contribution is 2.29. The van der Waals surface area contributed by atoms with Crippen LogP contribution in [-0.4, -0.2) is 40.7 Å². The Hall–Kier alpha value is -2.27. The van der Waals surface area contributed by atoms with Crippen molar-refractivity contribution in [3.05, 3.63) is 41.2 Å². The average Bonchev–Trinajstić information content (AvgIpc) is 2.80. The van der Waals surface area contributed by atoms with Crippen LogP contribution < -0.4 is 0 Å². The van der Waals surface area contributed by atoms with Crippen molar-refractivity contribution in [1.29, 1.82) is 0 Å². The van der Waals surface area contributed by atoms with Gasteiger partial charge in [0, 0.05) is 18.7 Å². The molecule has 1 aromatic heterocycles. The Kier molecular flexibility index (Phi) is 4.60. The van der Waals surface area contributed by atoms with Gasteiger partial charge in [-0.15, -0.1) is 0 Å². The lowest BCUT2D eigenvalue weighted by Gasteiger charge is -2.19. The minimum atomic E-state index is -0.350. The smallest absolute Gasteiger partial charge is 0.296 e. The van der Waals surface area contributed by atoms with Crippen molar-refractivity contribution in [3.63, 3.8) is 0 Å². The molecule has 0 radical (unpaired) electrons.